The Morgan fingerprint density at radius 2 is 1.68 bits per heavy atom. The molecule has 0 amide bonds. The number of nitrogens with one attached hydrogen (secondary N) is 2. The first kappa shape index (κ1) is 21.2. The van der Waals surface area contributed by atoms with Crippen molar-refractivity contribution in [3.8, 4) is 0 Å². The van der Waals surface area contributed by atoms with Crippen molar-refractivity contribution in [2.24, 2.45) is 0 Å². The molecular formula is C15H16BrClN2O5S. The fourth-order valence-electron chi connectivity index (χ4n) is 1.71. The standard InChI is InChI=1S/C15H15BrN2O5S.ClH/c16-13-8-4-5-9-14(13)24(20,21)18-23-15(19)22-11-10-17-12-6-2-1-3-7-12;/h1-9,17-18H,10-11H2;1H. The third-order valence-corrected chi connectivity index (χ3v) is 4.98. The third kappa shape index (κ3) is 6.91. The van der Waals surface area contributed by atoms with Crippen LogP contribution < -0.4 is 10.2 Å². The maximum atomic E-state index is 12.0. The van der Waals surface area contributed by atoms with Gasteiger partial charge in [0.25, 0.3) is 10.0 Å². The highest BCUT2D eigenvalue weighted by molar-refractivity contribution is 9.10. The van der Waals surface area contributed by atoms with E-state index in [0.717, 1.165) is 5.69 Å². The zero-order valence-corrected chi connectivity index (χ0v) is 16.1. The topological polar surface area (TPSA) is 93.7 Å². The van der Waals surface area contributed by atoms with Crippen molar-refractivity contribution in [3.63, 3.8) is 0 Å². The van der Waals surface area contributed by atoms with Crippen molar-refractivity contribution in [3.05, 3.63) is 59.1 Å². The molecule has 136 valence electrons. The Morgan fingerprint density at radius 3 is 2.36 bits per heavy atom. The molecule has 2 aromatic rings. The SMILES string of the molecule is Cl.O=C(OCCNc1ccccc1)ONS(=O)(=O)c1ccccc1Br. The lowest BCUT2D eigenvalue weighted by Gasteiger charge is -2.09. The highest BCUT2D eigenvalue weighted by atomic mass is 79.9. The molecular weight excluding hydrogens is 436 g/mol. The van der Waals surface area contributed by atoms with E-state index in [4.69, 9.17) is 4.74 Å². The van der Waals surface area contributed by atoms with Gasteiger partial charge in [0.1, 0.15) is 6.61 Å². The zero-order chi connectivity index (χ0) is 17.4. The maximum Gasteiger partial charge on any atom is 0.528 e. The summed E-state index contributed by atoms with van der Waals surface area (Å²) in [5.74, 6) is 0. The minimum atomic E-state index is -4.00. The van der Waals surface area contributed by atoms with Gasteiger partial charge in [-0.25, -0.2) is 13.2 Å². The van der Waals surface area contributed by atoms with Crippen LogP contribution in [0.15, 0.2) is 64.0 Å². The molecule has 0 spiro atoms. The number of halogens is 2. The summed E-state index contributed by atoms with van der Waals surface area (Å²) >= 11 is 3.11. The summed E-state index contributed by atoms with van der Waals surface area (Å²) in [4.78, 5) is 17.5. The van der Waals surface area contributed by atoms with Crippen LogP contribution in [0.2, 0.25) is 0 Å². The van der Waals surface area contributed by atoms with Gasteiger partial charge in [-0.3, -0.25) is 0 Å². The van der Waals surface area contributed by atoms with E-state index in [0.29, 0.717) is 11.0 Å². The normalized spacial score (nSPS) is 10.4. The molecule has 0 aliphatic carbocycles. The van der Waals surface area contributed by atoms with E-state index >= 15 is 0 Å². The lowest BCUT2D eigenvalue weighted by molar-refractivity contribution is 0.0418. The van der Waals surface area contributed by atoms with Crippen LogP contribution in [0.1, 0.15) is 0 Å². The van der Waals surface area contributed by atoms with Crippen LogP contribution in [-0.2, 0) is 19.6 Å². The molecule has 0 heterocycles. The molecule has 0 aliphatic heterocycles. The minimum absolute atomic E-state index is 0. The number of hydrogen-bond donors (Lipinski definition) is 2. The van der Waals surface area contributed by atoms with Gasteiger partial charge in [-0.1, -0.05) is 30.3 Å². The van der Waals surface area contributed by atoms with Crippen molar-refractivity contribution < 1.29 is 22.8 Å². The van der Waals surface area contributed by atoms with Gasteiger partial charge in [0.2, 0.25) is 0 Å². The molecule has 0 saturated heterocycles. The summed E-state index contributed by atoms with van der Waals surface area (Å²) in [6.45, 7) is 0.376. The smallest absolute Gasteiger partial charge is 0.431 e. The van der Waals surface area contributed by atoms with Crippen molar-refractivity contribution in [2.45, 2.75) is 4.90 Å². The first-order valence-corrected chi connectivity index (χ1v) is 9.15. The van der Waals surface area contributed by atoms with Crippen LogP contribution in [0.4, 0.5) is 10.5 Å². The Balaban J connectivity index is 0.00000312. The highest BCUT2D eigenvalue weighted by Gasteiger charge is 2.19. The van der Waals surface area contributed by atoms with E-state index in [1.807, 2.05) is 30.3 Å². The van der Waals surface area contributed by atoms with E-state index in [1.165, 1.54) is 6.07 Å². The molecule has 0 bridgehead atoms. The Hall–Kier alpha value is -1.81. The predicted octanol–water partition coefficient (Wildman–Crippen LogP) is 3.33. The van der Waals surface area contributed by atoms with E-state index < -0.39 is 16.2 Å². The van der Waals surface area contributed by atoms with E-state index in [2.05, 4.69) is 26.1 Å². The van der Waals surface area contributed by atoms with Crippen LogP contribution in [0.25, 0.3) is 0 Å². The number of anilines is 1. The summed E-state index contributed by atoms with van der Waals surface area (Å²) in [6.07, 6.45) is -1.14. The van der Waals surface area contributed by atoms with Gasteiger partial charge in [-0.15, -0.1) is 12.4 Å². The molecule has 10 heteroatoms. The lowest BCUT2D eigenvalue weighted by atomic mass is 10.3. The average molecular weight is 452 g/mol. The summed E-state index contributed by atoms with van der Waals surface area (Å²) in [5.41, 5.74) is 0.879. The number of para-hydroxylation sites is 1. The molecule has 0 atom stereocenters. The molecule has 0 aliphatic rings. The zero-order valence-electron chi connectivity index (χ0n) is 12.8. The van der Waals surface area contributed by atoms with Gasteiger partial charge in [0.15, 0.2) is 0 Å². The summed E-state index contributed by atoms with van der Waals surface area (Å²) in [7, 11) is -4.00. The van der Waals surface area contributed by atoms with Crippen LogP contribution in [0.5, 0.6) is 0 Å². The van der Waals surface area contributed by atoms with Crippen molar-refractivity contribution in [1.82, 2.24) is 4.89 Å². The van der Waals surface area contributed by atoms with Crippen molar-refractivity contribution in [1.29, 1.82) is 0 Å². The number of rotatable bonds is 7. The molecule has 2 aromatic carbocycles. The molecule has 0 fully saturated rings. The van der Waals surface area contributed by atoms with Crippen LogP contribution in [0, 0.1) is 0 Å². The van der Waals surface area contributed by atoms with Crippen LogP contribution in [0.3, 0.4) is 0 Å². The van der Waals surface area contributed by atoms with E-state index in [9.17, 15) is 13.2 Å². The first-order chi connectivity index (χ1) is 11.5. The second-order valence-corrected chi connectivity index (χ2v) is 6.98. The molecule has 2 N–H and O–H groups in total. The Labute approximate surface area is 160 Å². The number of benzene rings is 2. The fourth-order valence-corrected chi connectivity index (χ4v) is 3.49. The van der Waals surface area contributed by atoms with Gasteiger partial charge >= 0.3 is 6.16 Å². The number of hydrogen-bond acceptors (Lipinski definition) is 6. The summed E-state index contributed by atoms with van der Waals surface area (Å²) < 4.78 is 29.1. The van der Waals surface area contributed by atoms with Crippen LogP contribution in [-0.4, -0.2) is 27.7 Å². The molecule has 2 rings (SSSR count). The van der Waals surface area contributed by atoms with Crippen molar-refractivity contribution in [2.75, 3.05) is 18.5 Å². The van der Waals surface area contributed by atoms with Gasteiger partial charge in [-0.2, -0.15) is 0 Å². The number of carbonyl (C=O) groups is 1. The number of sulfonamides is 1. The largest absolute Gasteiger partial charge is 0.528 e. The Morgan fingerprint density at radius 1 is 1.04 bits per heavy atom. The van der Waals surface area contributed by atoms with Crippen molar-refractivity contribution >= 4 is 50.2 Å². The van der Waals surface area contributed by atoms with E-state index in [1.54, 1.807) is 23.1 Å². The molecule has 0 unspecified atom stereocenters. The Bertz CT molecular complexity index is 790. The number of carbonyl (C=O) groups excluding carboxylic acids is 1. The predicted molar refractivity (Wildman–Crippen MR) is 99.1 cm³/mol. The van der Waals surface area contributed by atoms with Crippen LogP contribution >= 0.6 is 28.3 Å². The second kappa shape index (κ2) is 10.2. The quantitative estimate of drug-likeness (QED) is 0.381. The van der Waals surface area contributed by atoms with Gasteiger partial charge in [-0.05, 0) is 45.1 Å². The highest BCUT2D eigenvalue weighted by Crippen LogP contribution is 2.20. The molecule has 0 saturated carbocycles. The van der Waals surface area contributed by atoms with E-state index in [-0.39, 0.29) is 23.9 Å². The molecule has 7 nitrogen and oxygen atoms in total. The summed E-state index contributed by atoms with van der Waals surface area (Å²) in [5, 5.41) is 3.03. The first-order valence-electron chi connectivity index (χ1n) is 6.88. The lowest BCUT2D eigenvalue weighted by Crippen LogP contribution is -2.28. The van der Waals surface area contributed by atoms with Gasteiger partial charge in [0, 0.05) is 16.7 Å². The fraction of sp³-hybridized carbons (Fsp3) is 0.133. The summed E-state index contributed by atoms with van der Waals surface area (Å²) in [6, 6.07) is 15.5. The van der Waals surface area contributed by atoms with Gasteiger partial charge in [0.05, 0.1) is 4.90 Å². The molecule has 25 heavy (non-hydrogen) atoms. The maximum absolute atomic E-state index is 12.0. The third-order valence-electron chi connectivity index (χ3n) is 2.79. The average Bonchev–Trinajstić information content (AvgIpc) is 2.58. The monoisotopic (exact) mass is 450 g/mol. The second-order valence-electron chi connectivity index (χ2n) is 4.51. The number of ether oxygens (including phenoxy) is 1. The minimum Gasteiger partial charge on any atom is -0.431 e. The molecule has 0 radical (unpaired) electrons. The molecule has 0 aromatic heterocycles. The van der Waals surface area contributed by atoms with Gasteiger partial charge < -0.3 is 14.9 Å². The Kier molecular flexibility index (Phi) is 8.70.